The van der Waals surface area contributed by atoms with Gasteiger partial charge in [0.1, 0.15) is 0 Å². The van der Waals surface area contributed by atoms with Gasteiger partial charge < -0.3 is 16.4 Å². The molecule has 1 aromatic rings. The minimum absolute atomic E-state index is 0.0696. The van der Waals surface area contributed by atoms with Gasteiger partial charge in [0.15, 0.2) is 0 Å². The van der Waals surface area contributed by atoms with Gasteiger partial charge >= 0.3 is 0 Å². The van der Waals surface area contributed by atoms with Crippen molar-refractivity contribution in [1.82, 2.24) is 10.6 Å². The molecule has 0 heterocycles. The normalized spacial score (nSPS) is 10.3. The molecule has 110 valence electrons. The maximum atomic E-state index is 11.4. The Morgan fingerprint density at radius 2 is 2.00 bits per heavy atom. The van der Waals surface area contributed by atoms with E-state index in [1.807, 2.05) is 19.9 Å². The zero-order chi connectivity index (χ0) is 15.0. The summed E-state index contributed by atoms with van der Waals surface area (Å²) in [6.07, 6.45) is 1.42. The van der Waals surface area contributed by atoms with Crippen molar-refractivity contribution in [2.45, 2.75) is 33.2 Å². The Morgan fingerprint density at radius 3 is 2.60 bits per heavy atom. The summed E-state index contributed by atoms with van der Waals surface area (Å²) >= 11 is 0. The van der Waals surface area contributed by atoms with E-state index in [0.29, 0.717) is 25.1 Å². The number of hydrogen-bond acceptors (Lipinski definition) is 3. The van der Waals surface area contributed by atoms with Crippen LogP contribution >= 0.6 is 0 Å². The van der Waals surface area contributed by atoms with Crippen molar-refractivity contribution >= 4 is 11.8 Å². The highest BCUT2D eigenvalue weighted by Crippen LogP contribution is 2.10. The minimum Gasteiger partial charge on any atom is -0.366 e. The fourth-order valence-electron chi connectivity index (χ4n) is 1.83. The molecule has 5 heteroatoms. The predicted molar refractivity (Wildman–Crippen MR) is 79.3 cm³/mol. The lowest BCUT2D eigenvalue weighted by Gasteiger charge is -2.09. The van der Waals surface area contributed by atoms with Crippen LogP contribution in [0.1, 0.15) is 41.3 Å². The second-order valence-electron chi connectivity index (χ2n) is 4.78. The second kappa shape index (κ2) is 8.32. The van der Waals surface area contributed by atoms with Crippen LogP contribution in [-0.2, 0) is 11.3 Å². The fourth-order valence-corrected chi connectivity index (χ4v) is 1.83. The lowest BCUT2D eigenvalue weighted by molar-refractivity contribution is -0.120. The second-order valence-corrected chi connectivity index (χ2v) is 4.78. The molecule has 1 rings (SSSR count). The number of nitrogens with one attached hydrogen (secondary N) is 2. The zero-order valence-corrected chi connectivity index (χ0v) is 12.2. The Labute approximate surface area is 119 Å². The minimum atomic E-state index is -0.416. The summed E-state index contributed by atoms with van der Waals surface area (Å²) < 4.78 is 0. The molecule has 0 spiro atoms. The van der Waals surface area contributed by atoms with Crippen LogP contribution in [0.3, 0.4) is 0 Å². The Bertz CT molecular complexity index is 472. The number of carbonyl (C=O) groups is 2. The summed E-state index contributed by atoms with van der Waals surface area (Å²) in [7, 11) is 0. The molecule has 20 heavy (non-hydrogen) atoms. The first kappa shape index (κ1) is 16.2. The molecule has 0 bridgehead atoms. The van der Waals surface area contributed by atoms with Gasteiger partial charge in [0, 0.05) is 31.6 Å². The quantitative estimate of drug-likeness (QED) is 0.622. The molecule has 0 aliphatic carbocycles. The predicted octanol–water partition coefficient (Wildman–Crippen LogP) is 1.10. The van der Waals surface area contributed by atoms with Gasteiger partial charge in [0.05, 0.1) is 0 Å². The first-order valence-electron chi connectivity index (χ1n) is 6.91. The van der Waals surface area contributed by atoms with Gasteiger partial charge in [-0.25, -0.2) is 0 Å². The van der Waals surface area contributed by atoms with Crippen molar-refractivity contribution in [1.29, 1.82) is 0 Å². The van der Waals surface area contributed by atoms with E-state index in [9.17, 15) is 9.59 Å². The van der Waals surface area contributed by atoms with Crippen LogP contribution in [-0.4, -0.2) is 24.9 Å². The standard InChI is InChI=1S/C15H23N3O2/c1-3-7-18-14(19)6-8-17-10-13-5-4-12(15(16)20)9-11(13)2/h4-5,9,17H,3,6-8,10H2,1-2H3,(H2,16,20)(H,18,19). The maximum Gasteiger partial charge on any atom is 0.248 e. The molecule has 0 aliphatic rings. The number of nitrogens with two attached hydrogens (primary N) is 1. The number of aryl methyl sites for hydroxylation is 1. The average molecular weight is 277 g/mol. The van der Waals surface area contributed by atoms with E-state index in [2.05, 4.69) is 10.6 Å². The van der Waals surface area contributed by atoms with Crippen LogP contribution in [0.15, 0.2) is 18.2 Å². The maximum absolute atomic E-state index is 11.4. The molecule has 4 N–H and O–H groups in total. The van der Waals surface area contributed by atoms with E-state index < -0.39 is 5.91 Å². The summed E-state index contributed by atoms with van der Waals surface area (Å²) in [5.41, 5.74) is 7.87. The largest absolute Gasteiger partial charge is 0.366 e. The smallest absolute Gasteiger partial charge is 0.248 e. The van der Waals surface area contributed by atoms with E-state index in [-0.39, 0.29) is 5.91 Å². The van der Waals surface area contributed by atoms with Crippen molar-refractivity contribution in [2.24, 2.45) is 5.73 Å². The van der Waals surface area contributed by atoms with Crippen LogP contribution in [0.4, 0.5) is 0 Å². The van der Waals surface area contributed by atoms with Gasteiger partial charge in [-0.2, -0.15) is 0 Å². The summed E-state index contributed by atoms with van der Waals surface area (Å²) in [4.78, 5) is 22.4. The van der Waals surface area contributed by atoms with Crippen LogP contribution < -0.4 is 16.4 Å². The lowest BCUT2D eigenvalue weighted by Crippen LogP contribution is -2.28. The SMILES string of the molecule is CCCNC(=O)CCNCc1ccc(C(N)=O)cc1C. The van der Waals surface area contributed by atoms with Crippen molar-refractivity contribution in [2.75, 3.05) is 13.1 Å². The van der Waals surface area contributed by atoms with E-state index in [4.69, 9.17) is 5.73 Å². The first-order chi connectivity index (χ1) is 9.54. The highest BCUT2D eigenvalue weighted by atomic mass is 16.1. The number of amides is 2. The summed E-state index contributed by atoms with van der Waals surface area (Å²) in [5, 5.41) is 6.05. The Hall–Kier alpha value is -1.88. The van der Waals surface area contributed by atoms with E-state index in [1.165, 1.54) is 0 Å². The van der Waals surface area contributed by atoms with Crippen LogP contribution in [0.2, 0.25) is 0 Å². The molecule has 0 fully saturated rings. The van der Waals surface area contributed by atoms with E-state index in [1.54, 1.807) is 12.1 Å². The Balaban J connectivity index is 2.35. The van der Waals surface area contributed by atoms with Crippen LogP contribution in [0.25, 0.3) is 0 Å². The Morgan fingerprint density at radius 1 is 1.25 bits per heavy atom. The van der Waals surface area contributed by atoms with E-state index in [0.717, 1.165) is 24.1 Å². The lowest BCUT2D eigenvalue weighted by atomic mass is 10.0. The molecule has 0 atom stereocenters. The highest BCUT2D eigenvalue weighted by Gasteiger charge is 2.04. The molecule has 0 aliphatic heterocycles. The van der Waals surface area contributed by atoms with Gasteiger partial charge in [-0.05, 0) is 36.6 Å². The molecule has 0 saturated carbocycles. The molecule has 1 aromatic carbocycles. The molecular formula is C15H23N3O2. The molecule has 0 unspecified atom stereocenters. The topological polar surface area (TPSA) is 84.2 Å². The molecule has 2 amide bonds. The third kappa shape index (κ3) is 5.40. The fraction of sp³-hybridized carbons (Fsp3) is 0.467. The van der Waals surface area contributed by atoms with Crippen LogP contribution in [0, 0.1) is 6.92 Å². The number of benzene rings is 1. The van der Waals surface area contributed by atoms with Crippen molar-refractivity contribution in [3.8, 4) is 0 Å². The molecule has 0 radical (unpaired) electrons. The zero-order valence-electron chi connectivity index (χ0n) is 12.2. The number of rotatable bonds is 8. The van der Waals surface area contributed by atoms with Crippen molar-refractivity contribution < 1.29 is 9.59 Å². The van der Waals surface area contributed by atoms with Gasteiger partial charge in [-0.1, -0.05) is 13.0 Å². The van der Waals surface area contributed by atoms with Gasteiger partial charge in [-0.15, -0.1) is 0 Å². The molecule has 0 aromatic heterocycles. The van der Waals surface area contributed by atoms with Gasteiger partial charge in [0.2, 0.25) is 11.8 Å². The number of carbonyl (C=O) groups excluding carboxylic acids is 2. The monoisotopic (exact) mass is 277 g/mol. The molecule has 0 saturated heterocycles. The summed E-state index contributed by atoms with van der Waals surface area (Å²) in [6, 6.07) is 5.40. The van der Waals surface area contributed by atoms with Crippen molar-refractivity contribution in [3.05, 3.63) is 34.9 Å². The molecular weight excluding hydrogens is 254 g/mol. The van der Waals surface area contributed by atoms with Gasteiger partial charge in [-0.3, -0.25) is 9.59 Å². The average Bonchev–Trinajstić information content (AvgIpc) is 2.42. The first-order valence-corrected chi connectivity index (χ1v) is 6.91. The van der Waals surface area contributed by atoms with Crippen molar-refractivity contribution in [3.63, 3.8) is 0 Å². The third-order valence-electron chi connectivity index (χ3n) is 3.04. The summed E-state index contributed by atoms with van der Waals surface area (Å²) in [6.45, 7) is 6.00. The highest BCUT2D eigenvalue weighted by molar-refractivity contribution is 5.93. The Kier molecular flexibility index (Phi) is 6.73. The van der Waals surface area contributed by atoms with E-state index >= 15 is 0 Å². The third-order valence-corrected chi connectivity index (χ3v) is 3.04. The number of hydrogen-bond donors (Lipinski definition) is 3. The summed E-state index contributed by atoms with van der Waals surface area (Å²) in [5.74, 6) is -0.347. The molecule has 5 nitrogen and oxygen atoms in total. The van der Waals surface area contributed by atoms with Gasteiger partial charge in [0.25, 0.3) is 0 Å². The van der Waals surface area contributed by atoms with Crippen LogP contribution in [0.5, 0.6) is 0 Å². The number of primary amides is 1.